The zero-order valence-electron chi connectivity index (χ0n) is 14.9. The minimum Gasteiger partial charge on any atom is -0.339 e. The summed E-state index contributed by atoms with van der Waals surface area (Å²) in [5, 5.41) is 5.98. The smallest absolute Gasteiger partial charge is 0.263 e. The van der Waals surface area contributed by atoms with Crippen molar-refractivity contribution in [3.05, 3.63) is 34.1 Å². The van der Waals surface area contributed by atoms with Gasteiger partial charge in [-0.05, 0) is 24.3 Å². The second-order valence-electron chi connectivity index (χ2n) is 7.87. The van der Waals surface area contributed by atoms with Crippen molar-refractivity contribution in [3.8, 4) is 0 Å². The molecule has 1 unspecified atom stereocenters. The summed E-state index contributed by atoms with van der Waals surface area (Å²) in [6.07, 6.45) is 3.38. The Morgan fingerprint density at radius 3 is 2.74 bits per heavy atom. The quantitative estimate of drug-likeness (QED) is 0.761. The van der Waals surface area contributed by atoms with Crippen molar-refractivity contribution in [2.75, 3.05) is 32.4 Å². The van der Waals surface area contributed by atoms with Crippen LogP contribution in [-0.4, -0.2) is 66.1 Å². The van der Waals surface area contributed by atoms with Gasteiger partial charge in [-0.1, -0.05) is 11.2 Å². The van der Waals surface area contributed by atoms with Crippen molar-refractivity contribution < 1.29 is 17.7 Å². The fourth-order valence-electron chi connectivity index (χ4n) is 4.15. The third-order valence-electron chi connectivity index (χ3n) is 5.81. The Morgan fingerprint density at radius 1 is 1.33 bits per heavy atom. The zero-order chi connectivity index (χ0) is 18.8. The summed E-state index contributed by atoms with van der Waals surface area (Å²) < 4.78 is 31.3. The molecule has 0 bridgehead atoms. The lowest BCUT2D eigenvalue weighted by atomic mass is 9.71. The lowest BCUT2D eigenvalue weighted by molar-refractivity contribution is 0.00168. The van der Waals surface area contributed by atoms with Gasteiger partial charge in [0.1, 0.15) is 0 Å². The van der Waals surface area contributed by atoms with Crippen LogP contribution in [0, 0.1) is 5.41 Å². The molecule has 144 valence electrons. The summed E-state index contributed by atoms with van der Waals surface area (Å²) in [4.78, 5) is 19.7. The van der Waals surface area contributed by atoms with E-state index in [4.69, 9.17) is 4.52 Å². The normalized spacial score (nSPS) is 25.1. The maximum Gasteiger partial charge on any atom is 0.263 e. The van der Waals surface area contributed by atoms with E-state index in [1.807, 2.05) is 17.5 Å². The number of nitrogens with zero attached hydrogens (tertiary/aromatic N) is 4. The monoisotopic (exact) mass is 408 g/mol. The summed E-state index contributed by atoms with van der Waals surface area (Å²) in [6, 6.07) is 3.67. The van der Waals surface area contributed by atoms with Gasteiger partial charge in [-0.25, -0.2) is 12.7 Å². The molecule has 4 heterocycles. The molecule has 3 fully saturated rings. The highest BCUT2D eigenvalue weighted by molar-refractivity contribution is 7.88. The number of aromatic nitrogens is 2. The largest absolute Gasteiger partial charge is 0.339 e. The van der Waals surface area contributed by atoms with E-state index < -0.39 is 10.0 Å². The second kappa shape index (κ2) is 5.86. The molecule has 0 radical (unpaired) electrons. The van der Waals surface area contributed by atoms with Crippen LogP contribution in [0.1, 0.15) is 46.1 Å². The van der Waals surface area contributed by atoms with Crippen molar-refractivity contribution in [2.24, 2.45) is 5.41 Å². The van der Waals surface area contributed by atoms with Gasteiger partial charge in [-0.2, -0.15) is 4.98 Å². The number of thiophene rings is 1. The van der Waals surface area contributed by atoms with Gasteiger partial charge in [0.05, 0.1) is 17.1 Å². The maximum atomic E-state index is 12.6. The van der Waals surface area contributed by atoms with E-state index in [1.165, 1.54) is 21.9 Å². The third kappa shape index (κ3) is 2.90. The van der Waals surface area contributed by atoms with Crippen LogP contribution in [0.3, 0.4) is 0 Å². The molecule has 1 saturated carbocycles. The standard InChI is InChI=1S/C17H20N4O4S2/c1-27(23,24)21-7-12(15-18-14(19-25-15)11-4-5-11)17(10-21)8-20(9-17)16(22)13-3-2-6-26-13/h2-3,6,11-12H,4-5,7-10H2,1H3. The molecule has 2 saturated heterocycles. The van der Waals surface area contributed by atoms with Gasteiger partial charge in [-0.15, -0.1) is 11.3 Å². The molecule has 10 heteroatoms. The minimum absolute atomic E-state index is 0.00335. The van der Waals surface area contributed by atoms with E-state index in [-0.39, 0.29) is 17.2 Å². The van der Waals surface area contributed by atoms with Crippen LogP contribution in [0.5, 0.6) is 0 Å². The highest BCUT2D eigenvalue weighted by Crippen LogP contribution is 2.50. The molecule has 0 aromatic carbocycles. The van der Waals surface area contributed by atoms with Crippen molar-refractivity contribution in [2.45, 2.75) is 24.7 Å². The van der Waals surface area contributed by atoms with E-state index in [9.17, 15) is 13.2 Å². The number of hydrogen-bond acceptors (Lipinski definition) is 7. The molecular formula is C17H20N4O4S2. The molecule has 2 aromatic heterocycles. The molecule has 2 aliphatic heterocycles. The van der Waals surface area contributed by atoms with Crippen LogP contribution < -0.4 is 0 Å². The van der Waals surface area contributed by atoms with Crippen molar-refractivity contribution in [1.82, 2.24) is 19.3 Å². The Kier molecular flexibility index (Phi) is 3.76. The molecule has 1 amide bonds. The van der Waals surface area contributed by atoms with E-state index >= 15 is 0 Å². The fourth-order valence-corrected chi connectivity index (χ4v) is 5.75. The zero-order valence-corrected chi connectivity index (χ0v) is 16.5. The van der Waals surface area contributed by atoms with Gasteiger partial charge >= 0.3 is 0 Å². The maximum absolute atomic E-state index is 12.6. The molecule has 3 aliphatic rings. The van der Waals surface area contributed by atoms with Crippen LogP contribution in [0.2, 0.25) is 0 Å². The predicted octanol–water partition coefficient (Wildman–Crippen LogP) is 1.51. The Morgan fingerprint density at radius 2 is 2.11 bits per heavy atom. The van der Waals surface area contributed by atoms with Gasteiger partial charge in [0.25, 0.3) is 5.91 Å². The van der Waals surface area contributed by atoms with Crippen molar-refractivity contribution in [1.29, 1.82) is 0 Å². The number of rotatable bonds is 4. The van der Waals surface area contributed by atoms with Crippen LogP contribution in [-0.2, 0) is 10.0 Å². The van der Waals surface area contributed by atoms with Gasteiger partial charge in [0.2, 0.25) is 15.9 Å². The predicted molar refractivity (Wildman–Crippen MR) is 98.1 cm³/mol. The lowest BCUT2D eigenvalue weighted by Crippen LogP contribution is -2.61. The second-order valence-corrected chi connectivity index (χ2v) is 10.8. The fraction of sp³-hybridized carbons (Fsp3) is 0.588. The summed E-state index contributed by atoms with van der Waals surface area (Å²) in [6.45, 7) is 1.71. The van der Waals surface area contributed by atoms with E-state index in [0.717, 1.165) is 18.7 Å². The summed E-state index contributed by atoms with van der Waals surface area (Å²) in [5.41, 5.74) is -0.358. The first-order chi connectivity index (χ1) is 12.9. The minimum atomic E-state index is -3.33. The van der Waals surface area contributed by atoms with Gasteiger partial charge in [-0.3, -0.25) is 4.79 Å². The number of hydrogen-bond donors (Lipinski definition) is 0. The van der Waals surface area contributed by atoms with Gasteiger partial charge < -0.3 is 9.42 Å². The Hall–Kier alpha value is -1.78. The van der Waals surface area contributed by atoms with Crippen LogP contribution in [0.15, 0.2) is 22.0 Å². The van der Waals surface area contributed by atoms with Crippen molar-refractivity contribution in [3.63, 3.8) is 0 Å². The molecule has 1 spiro atoms. The topological polar surface area (TPSA) is 96.6 Å². The molecule has 1 aliphatic carbocycles. The molecule has 5 rings (SSSR count). The molecule has 27 heavy (non-hydrogen) atoms. The van der Waals surface area contributed by atoms with E-state index in [0.29, 0.717) is 42.9 Å². The van der Waals surface area contributed by atoms with Crippen LogP contribution >= 0.6 is 11.3 Å². The summed E-state index contributed by atoms with van der Waals surface area (Å²) in [5.74, 6) is 1.43. The van der Waals surface area contributed by atoms with Crippen molar-refractivity contribution >= 4 is 27.3 Å². The van der Waals surface area contributed by atoms with Gasteiger partial charge in [0, 0.05) is 37.5 Å². The number of carbonyl (C=O) groups excluding carboxylic acids is 1. The highest BCUT2D eigenvalue weighted by atomic mass is 32.2. The summed E-state index contributed by atoms with van der Waals surface area (Å²) in [7, 11) is -3.33. The first kappa shape index (κ1) is 17.3. The molecule has 0 N–H and O–H groups in total. The summed E-state index contributed by atoms with van der Waals surface area (Å²) >= 11 is 1.42. The van der Waals surface area contributed by atoms with E-state index in [2.05, 4.69) is 10.1 Å². The Labute approximate surface area is 161 Å². The number of carbonyl (C=O) groups is 1. The average Bonchev–Trinajstić information content (AvgIpc) is 3.06. The molecule has 8 nitrogen and oxygen atoms in total. The average molecular weight is 409 g/mol. The molecule has 1 atom stereocenters. The Bertz CT molecular complexity index is 975. The van der Waals surface area contributed by atoms with E-state index in [1.54, 1.807) is 4.90 Å². The first-order valence-corrected chi connectivity index (χ1v) is 11.7. The SMILES string of the molecule is CS(=O)(=O)N1CC(c2nc(C3CC3)no2)C2(CN(C(=O)c3cccs3)C2)C1. The Balaban J connectivity index is 1.41. The molecule has 2 aromatic rings. The third-order valence-corrected chi connectivity index (χ3v) is 7.89. The van der Waals surface area contributed by atoms with Crippen LogP contribution in [0.25, 0.3) is 0 Å². The molecular weight excluding hydrogens is 388 g/mol. The number of amides is 1. The number of sulfonamides is 1. The first-order valence-electron chi connectivity index (χ1n) is 8.97. The highest BCUT2D eigenvalue weighted by Gasteiger charge is 2.59. The van der Waals surface area contributed by atoms with Crippen LogP contribution in [0.4, 0.5) is 0 Å². The lowest BCUT2D eigenvalue weighted by Gasteiger charge is -2.49. The number of likely N-dealkylation sites (tertiary alicyclic amines) is 1. The van der Waals surface area contributed by atoms with Gasteiger partial charge in [0.15, 0.2) is 5.82 Å².